The van der Waals surface area contributed by atoms with E-state index in [0.29, 0.717) is 30.7 Å². The Labute approximate surface area is 181 Å². The average Bonchev–Trinajstić information content (AvgIpc) is 3.30. The molecule has 29 heavy (non-hydrogen) atoms. The molecule has 8 unspecified atom stereocenters. The summed E-state index contributed by atoms with van der Waals surface area (Å²) in [5, 5.41) is 20.7. The van der Waals surface area contributed by atoms with Gasteiger partial charge >= 0.3 is 0 Å². The second-order valence-corrected chi connectivity index (χ2v) is 11.5. The van der Waals surface area contributed by atoms with Crippen LogP contribution in [0.5, 0.6) is 0 Å². The van der Waals surface area contributed by atoms with E-state index in [1.54, 1.807) is 0 Å². The van der Waals surface area contributed by atoms with Gasteiger partial charge in [0.05, 0.1) is 17.0 Å². The second-order valence-electron chi connectivity index (χ2n) is 9.62. The van der Waals surface area contributed by atoms with E-state index in [1.807, 2.05) is 16.7 Å². The summed E-state index contributed by atoms with van der Waals surface area (Å²) in [6, 6.07) is 0.342. The molecule has 6 nitrogen and oxygen atoms in total. The van der Waals surface area contributed by atoms with E-state index in [-0.39, 0.29) is 29.4 Å². The summed E-state index contributed by atoms with van der Waals surface area (Å²) < 4.78 is 14.0. The summed E-state index contributed by atoms with van der Waals surface area (Å²) in [7, 11) is 0. The molecule has 3 saturated heterocycles. The van der Waals surface area contributed by atoms with E-state index < -0.39 is 17.1 Å². The fourth-order valence-corrected chi connectivity index (χ4v) is 7.56. The number of fused-ring (bicyclic) bond motifs is 2. The molecule has 0 aromatic rings. The second kappa shape index (κ2) is 8.10. The van der Waals surface area contributed by atoms with Gasteiger partial charge in [0, 0.05) is 37.0 Å². The number of nitrogens with one attached hydrogen (secondary N) is 3. The van der Waals surface area contributed by atoms with E-state index in [2.05, 4.69) is 16.0 Å². The van der Waals surface area contributed by atoms with Crippen molar-refractivity contribution in [1.29, 1.82) is 0 Å². The topological polar surface area (TPSA) is 76.6 Å². The Morgan fingerprint density at radius 1 is 1.28 bits per heavy atom. The van der Waals surface area contributed by atoms with Gasteiger partial charge in [-0.15, -0.1) is 23.4 Å². The van der Waals surface area contributed by atoms with Crippen molar-refractivity contribution >= 4 is 29.3 Å². The van der Waals surface area contributed by atoms with Crippen molar-refractivity contribution in [2.24, 2.45) is 5.92 Å². The molecule has 3 aliphatic heterocycles. The minimum absolute atomic E-state index is 0.0558. The number of hydrogen-bond acceptors (Lipinski definition) is 6. The van der Waals surface area contributed by atoms with Gasteiger partial charge in [-0.25, -0.2) is 4.39 Å². The van der Waals surface area contributed by atoms with Crippen LogP contribution in [-0.2, 0) is 4.79 Å². The van der Waals surface area contributed by atoms with Gasteiger partial charge in [-0.3, -0.25) is 15.4 Å². The van der Waals surface area contributed by atoms with Crippen LogP contribution in [0.3, 0.4) is 0 Å². The minimum atomic E-state index is -0.951. The van der Waals surface area contributed by atoms with Crippen LogP contribution in [0.25, 0.3) is 0 Å². The van der Waals surface area contributed by atoms with Crippen LogP contribution < -0.4 is 16.0 Å². The summed E-state index contributed by atoms with van der Waals surface area (Å²) in [5.74, 6) is 0.207. The Morgan fingerprint density at radius 3 is 2.86 bits per heavy atom. The van der Waals surface area contributed by atoms with Crippen molar-refractivity contribution in [1.82, 2.24) is 20.9 Å². The number of carbonyl (C=O) groups is 1. The van der Waals surface area contributed by atoms with Crippen molar-refractivity contribution < 1.29 is 14.3 Å². The standard InChI is InChI=1S/C20H32ClFN4O2S/c21-17-11-8-15(24-13(11)3-2-12(17)22)18(27)26-7-4-14-16(9-26)29-19(25-14)23-10-20(28)5-1-6-20/h11-17,19,23-25,28H,1-10H2. The maximum absolute atomic E-state index is 14.0. The third kappa shape index (κ3) is 4.05. The normalized spacial score (nSPS) is 46.1. The molecule has 164 valence electrons. The summed E-state index contributed by atoms with van der Waals surface area (Å²) in [6.07, 6.45) is 4.77. The third-order valence-electron chi connectivity index (χ3n) is 7.69. The summed E-state index contributed by atoms with van der Waals surface area (Å²) in [6.45, 7) is 2.13. The lowest BCUT2D eigenvalue weighted by Gasteiger charge is -2.37. The Morgan fingerprint density at radius 2 is 2.10 bits per heavy atom. The van der Waals surface area contributed by atoms with Crippen molar-refractivity contribution in [3.05, 3.63) is 0 Å². The molecule has 1 amide bonds. The van der Waals surface area contributed by atoms with Crippen LogP contribution in [-0.4, -0.2) is 81.6 Å². The maximum atomic E-state index is 14.0. The van der Waals surface area contributed by atoms with Gasteiger partial charge in [-0.2, -0.15) is 0 Å². The minimum Gasteiger partial charge on any atom is -0.389 e. The number of piperidine rings is 1. The molecule has 0 spiro atoms. The first-order valence-corrected chi connectivity index (χ1v) is 12.5. The average molecular weight is 447 g/mol. The summed E-state index contributed by atoms with van der Waals surface area (Å²) in [4.78, 5) is 15.1. The number of amides is 1. The van der Waals surface area contributed by atoms with E-state index in [1.165, 1.54) is 0 Å². The molecule has 3 heterocycles. The first-order valence-electron chi connectivity index (χ1n) is 11.1. The molecule has 2 saturated carbocycles. The summed E-state index contributed by atoms with van der Waals surface area (Å²) >= 11 is 8.15. The number of halogens is 2. The molecule has 8 atom stereocenters. The van der Waals surface area contributed by atoms with Gasteiger partial charge < -0.3 is 15.3 Å². The lowest BCUT2D eigenvalue weighted by atomic mass is 9.80. The van der Waals surface area contributed by atoms with Gasteiger partial charge in [0.25, 0.3) is 0 Å². The zero-order chi connectivity index (χ0) is 20.2. The van der Waals surface area contributed by atoms with Crippen LogP contribution in [0.2, 0.25) is 0 Å². The zero-order valence-electron chi connectivity index (χ0n) is 16.7. The fraction of sp³-hybridized carbons (Fsp3) is 0.950. The number of aliphatic hydroxyl groups is 1. The van der Waals surface area contributed by atoms with E-state index in [4.69, 9.17) is 11.6 Å². The number of alkyl halides is 2. The van der Waals surface area contributed by atoms with Crippen LogP contribution in [0.15, 0.2) is 0 Å². The van der Waals surface area contributed by atoms with E-state index in [9.17, 15) is 14.3 Å². The highest BCUT2D eigenvalue weighted by atomic mass is 35.5. The van der Waals surface area contributed by atoms with Crippen molar-refractivity contribution in [3.63, 3.8) is 0 Å². The highest BCUT2D eigenvalue weighted by Crippen LogP contribution is 2.39. The predicted octanol–water partition coefficient (Wildman–Crippen LogP) is 1.17. The number of carbonyl (C=O) groups excluding carboxylic acids is 1. The van der Waals surface area contributed by atoms with E-state index in [0.717, 1.165) is 45.2 Å². The highest BCUT2D eigenvalue weighted by molar-refractivity contribution is 8.00. The van der Waals surface area contributed by atoms with Gasteiger partial charge in [0.2, 0.25) is 5.91 Å². The zero-order valence-corrected chi connectivity index (χ0v) is 18.2. The Bertz CT molecular complexity index is 642. The van der Waals surface area contributed by atoms with E-state index >= 15 is 0 Å². The molecule has 4 N–H and O–H groups in total. The molecular formula is C20H32ClFN4O2S. The van der Waals surface area contributed by atoms with Crippen LogP contribution in [0.4, 0.5) is 4.39 Å². The van der Waals surface area contributed by atoms with Gasteiger partial charge in [-0.05, 0) is 50.9 Å². The van der Waals surface area contributed by atoms with Crippen molar-refractivity contribution in [2.75, 3.05) is 19.6 Å². The van der Waals surface area contributed by atoms with Gasteiger partial charge in [-0.1, -0.05) is 0 Å². The SMILES string of the molecule is O=C(C1CC2C(CCC(F)C2Cl)N1)N1CCC2NC(NCC3(O)CCC3)SC2C1. The van der Waals surface area contributed by atoms with Crippen LogP contribution >= 0.6 is 23.4 Å². The smallest absolute Gasteiger partial charge is 0.239 e. The Balaban J connectivity index is 1.13. The number of hydrogen-bond donors (Lipinski definition) is 4. The monoisotopic (exact) mass is 446 g/mol. The molecule has 5 rings (SSSR count). The van der Waals surface area contributed by atoms with Gasteiger partial charge in [0.1, 0.15) is 11.7 Å². The Kier molecular flexibility index (Phi) is 5.80. The Hall–Kier alpha value is -0.120. The number of likely N-dealkylation sites (tertiary alicyclic amines) is 1. The number of thioether (sulfide) groups is 1. The van der Waals surface area contributed by atoms with Gasteiger partial charge in [0.15, 0.2) is 0 Å². The number of rotatable bonds is 4. The first kappa shape index (κ1) is 20.8. The molecule has 5 aliphatic rings. The third-order valence-corrected chi connectivity index (χ3v) is 9.69. The molecule has 0 aromatic carbocycles. The lowest BCUT2D eigenvalue weighted by Crippen LogP contribution is -2.54. The quantitative estimate of drug-likeness (QED) is 0.486. The molecule has 2 aliphatic carbocycles. The van der Waals surface area contributed by atoms with Crippen LogP contribution in [0.1, 0.15) is 44.9 Å². The largest absolute Gasteiger partial charge is 0.389 e. The molecule has 5 fully saturated rings. The first-order chi connectivity index (χ1) is 13.9. The molecular weight excluding hydrogens is 415 g/mol. The van der Waals surface area contributed by atoms with Crippen LogP contribution in [0, 0.1) is 5.92 Å². The molecule has 0 bridgehead atoms. The molecule has 9 heteroatoms. The van der Waals surface area contributed by atoms with Crippen molar-refractivity contribution in [3.8, 4) is 0 Å². The predicted molar refractivity (Wildman–Crippen MR) is 113 cm³/mol. The maximum Gasteiger partial charge on any atom is 0.239 e. The molecule has 0 aromatic heterocycles. The van der Waals surface area contributed by atoms with Crippen molar-refractivity contribution in [2.45, 2.75) is 91.0 Å². The fourth-order valence-electron chi connectivity index (χ4n) is 5.70. The number of nitrogens with zero attached hydrogens (tertiary/aromatic N) is 1. The highest BCUT2D eigenvalue weighted by Gasteiger charge is 2.48. The lowest BCUT2D eigenvalue weighted by molar-refractivity contribution is -0.134. The summed E-state index contributed by atoms with van der Waals surface area (Å²) in [5.41, 5.74) is -0.391. The molecule has 0 radical (unpaired) electrons.